The Kier molecular flexibility index (Phi) is 7.12. The second kappa shape index (κ2) is 8.60. The highest BCUT2D eigenvalue weighted by molar-refractivity contribution is 5.92. The van der Waals surface area contributed by atoms with Gasteiger partial charge in [-0.05, 0) is 31.7 Å². The van der Waals surface area contributed by atoms with Crippen molar-refractivity contribution in [2.24, 2.45) is 5.92 Å². The summed E-state index contributed by atoms with van der Waals surface area (Å²) in [7, 11) is 1.96. The molecule has 1 N–H and O–H groups in total. The first-order valence-corrected chi connectivity index (χ1v) is 7.79. The minimum Gasteiger partial charge on any atom is -0.351 e. The Morgan fingerprint density at radius 3 is 2.71 bits per heavy atom. The third-order valence-corrected chi connectivity index (χ3v) is 3.27. The molecule has 0 saturated carbocycles. The lowest BCUT2D eigenvalue weighted by atomic mass is 10.1. The first kappa shape index (κ1) is 17.4. The van der Waals surface area contributed by atoms with E-state index in [4.69, 9.17) is 0 Å². The fourth-order valence-corrected chi connectivity index (χ4v) is 1.90. The van der Waals surface area contributed by atoms with Gasteiger partial charge < -0.3 is 10.2 Å². The zero-order valence-electron chi connectivity index (χ0n) is 13.9. The molecule has 0 fully saturated rings. The molecule has 0 aliphatic rings. The Balaban J connectivity index is 2.74. The molecule has 0 atom stereocenters. The van der Waals surface area contributed by atoms with Gasteiger partial charge in [-0.2, -0.15) is 0 Å². The number of nitrogens with one attached hydrogen (secondary N) is 1. The Morgan fingerprint density at radius 2 is 2.10 bits per heavy atom. The summed E-state index contributed by atoms with van der Waals surface area (Å²) in [6.45, 7) is 9.90. The molecule has 0 saturated heterocycles. The fourth-order valence-electron chi connectivity index (χ4n) is 1.90. The minimum absolute atomic E-state index is 0.119. The molecule has 1 aromatic rings. The van der Waals surface area contributed by atoms with Crippen LogP contribution in [0.3, 0.4) is 0 Å². The zero-order chi connectivity index (χ0) is 15.8. The van der Waals surface area contributed by atoms with Crippen molar-refractivity contribution in [1.82, 2.24) is 15.3 Å². The van der Waals surface area contributed by atoms with Gasteiger partial charge in [-0.1, -0.05) is 27.2 Å². The summed E-state index contributed by atoms with van der Waals surface area (Å²) in [5.74, 6) is 1.08. The van der Waals surface area contributed by atoms with Gasteiger partial charge in [0.15, 0.2) is 0 Å². The lowest BCUT2D eigenvalue weighted by Gasteiger charge is -2.17. The molecule has 5 nitrogen and oxygen atoms in total. The first-order chi connectivity index (χ1) is 9.93. The van der Waals surface area contributed by atoms with Crippen LogP contribution in [0.1, 0.15) is 56.2 Å². The zero-order valence-corrected chi connectivity index (χ0v) is 13.9. The summed E-state index contributed by atoms with van der Waals surface area (Å²) in [6.07, 6.45) is 3.18. The quantitative estimate of drug-likeness (QED) is 0.800. The topological polar surface area (TPSA) is 58.1 Å². The van der Waals surface area contributed by atoms with Crippen molar-refractivity contribution in [2.75, 3.05) is 25.0 Å². The molecule has 5 heteroatoms. The number of aromatic nitrogens is 2. The molecular weight excluding hydrogens is 264 g/mol. The first-order valence-electron chi connectivity index (χ1n) is 7.79. The normalized spacial score (nSPS) is 10.8. The monoisotopic (exact) mass is 292 g/mol. The van der Waals surface area contributed by atoms with Crippen molar-refractivity contribution in [1.29, 1.82) is 0 Å². The Bertz CT molecular complexity index is 460. The van der Waals surface area contributed by atoms with E-state index < -0.39 is 0 Å². The van der Waals surface area contributed by atoms with E-state index in [-0.39, 0.29) is 5.91 Å². The molecule has 0 unspecified atom stereocenters. The van der Waals surface area contributed by atoms with Crippen LogP contribution < -0.4 is 10.2 Å². The molecule has 21 heavy (non-hydrogen) atoms. The number of rotatable bonds is 8. The standard InChI is InChI=1S/C16H28N4O/c1-6-7-10-20(5)16-18-13(4)11-14(19-16)15(21)17-9-8-12(2)3/h11-12H,6-10H2,1-5H3,(H,17,21). The van der Waals surface area contributed by atoms with Crippen LogP contribution >= 0.6 is 0 Å². The third-order valence-electron chi connectivity index (χ3n) is 3.27. The number of anilines is 1. The molecule has 0 aromatic carbocycles. The van der Waals surface area contributed by atoms with Gasteiger partial charge >= 0.3 is 0 Å². The third kappa shape index (κ3) is 6.10. The highest BCUT2D eigenvalue weighted by Crippen LogP contribution is 2.10. The lowest BCUT2D eigenvalue weighted by molar-refractivity contribution is 0.0947. The van der Waals surface area contributed by atoms with Crippen molar-refractivity contribution in [3.8, 4) is 0 Å². The van der Waals surface area contributed by atoms with E-state index in [1.807, 2.05) is 18.9 Å². The largest absolute Gasteiger partial charge is 0.351 e. The Labute approximate surface area is 128 Å². The minimum atomic E-state index is -0.119. The van der Waals surface area contributed by atoms with Crippen LogP contribution in [0.2, 0.25) is 0 Å². The van der Waals surface area contributed by atoms with Gasteiger partial charge in [0, 0.05) is 25.8 Å². The number of carbonyl (C=O) groups is 1. The molecule has 0 radical (unpaired) electrons. The Hall–Kier alpha value is -1.65. The maximum atomic E-state index is 12.1. The smallest absolute Gasteiger partial charge is 0.270 e. The molecule has 1 heterocycles. The van der Waals surface area contributed by atoms with E-state index in [1.54, 1.807) is 6.07 Å². The summed E-state index contributed by atoms with van der Waals surface area (Å²) in [6, 6.07) is 1.74. The van der Waals surface area contributed by atoms with E-state index in [9.17, 15) is 4.79 Å². The maximum Gasteiger partial charge on any atom is 0.270 e. The van der Waals surface area contributed by atoms with Gasteiger partial charge in [0.2, 0.25) is 5.95 Å². The fraction of sp³-hybridized carbons (Fsp3) is 0.688. The van der Waals surface area contributed by atoms with Crippen LogP contribution in [0.4, 0.5) is 5.95 Å². The van der Waals surface area contributed by atoms with Crippen molar-refractivity contribution in [3.05, 3.63) is 17.5 Å². The SMILES string of the molecule is CCCCN(C)c1nc(C)cc(C(=O)NCCC(C)C)n1. The van der Waals surface area contributed by atoms with Crippen LogP contribution in [0.15, 0.2) is 6.07 Å². The summed E-state index contributed by atoms with van der Waals surface area (Å²) >= 11 is 0. The molecule has 0 aliphatic carbocycles. The number of unbranched alkanes of at least 4 members (excludes halogenated alkanes) is 1. The highest BCUT2D eigenvalue weighted by Gasteiger charge is 2.12. The van der Waals surface area contributed by atoms with Gasteiger partial charge in [0.05, 0.1) is 0 Å². The molecule has 118 valence electrons. The van der Waals surface area contributed by atoms with Crippen LogP contribution in [0.25, 0.3) is 0 Å². The molecule has 0 spiro atoms. The predicted molar refractivity (Wildman–Crippen MR) is 86.7 cm³/mol. The Morgan fingerprint density at radius 1 is 1.38 bits per heavy atom. The summed E-state index contributed by atoms with van der Waals surface area (Å²) < 4.78 is 0. The van der Waals surface area contributed by atoms with Crippen LogP contribution in [-0.4, -0.2) is 36.0 Å². The van der Waals surface area contributed by atoms with Gasteiger partial charge in [-0.25, -0.2) is 9.97 Å². The average molecular weight is 292 g/mol. The number of aryl methyl sites for hydroxylation is 1. The molecule has 0 aliphatic heterocycles. The van der Waals surface area contributed by atoms with Gasteiger partial charge in [-0.15, -0.1) is 0 Å². The summed E-state index contributed by atoms with van der Waals surface area (Å²) in [4.78, 5) is 22.9. The van der Waals surface area contributed by atoms with Crippen molar-refractivity contribution in [2.45, 2.75) is 47.0 Å². The number of amides is 1. The number of hydrogen-bond donors (Lipinski definition) is 1. The second-order valence-electron chi connectivity index (χ2n) is 5.91. The average Bonchev–Trinajstić information content (AvgIpc) is 2.43. The maximum absolute atomic E-state index is 12.1. The summed E-state index contributed by atoms with van der Waals surface area (Å²) in [5.41, 5.74) is 1.27. The predicted octanol–water partition coefficient (Wildman–Crippen LogP) is 2.80. The molecular formula is C16H28N4O. The molecule has 1 aromatic heterocycles. The molecule has 1 amide bonds. The van der Waals surface area contributed by atoms with E-state index in [1.165, 1.54) is 0 Å². The highest BCUT2D eigenvalue weighted by atomic mass is 16.1. The van der Waals surface area contributed by atoms with Crippen molar-refractivity contribution < 1.29 is 4.79 Å². The van der Waals surface area contributed by atoms with Gasteiger partial charge in [0.1, 0.15) is 5.69 Å². The number of nitrogens with zero attached hydrogens (tertiary/aromatic N) is 3. The number of carbonyl (C=O) groups excluding carboxylic acids is 1. The van der Waals surface area contributed by atoms with Crippen LogP contribution in [0.5, 0.6) is 0 Å². The van der Waals surface area contributed by atoms with Gasteiger partial charge in [-0.3, -0.25) is 4.79 Å². The van der Waals surface area contributed by atoms with Crippen LogP contribution in [0, 0.1) is 12.8 Å². The van der Waals surface area contributed by atoms with Gasteiger partial charge in [0.25, 0.3) is 5.91 Å². The van der Waals surface area contributed by atoms with E-state index in [0.29, 0.717) is 24.1 Å². The van der Waals surface area contributed by atoms with Crippen LogP contribution in [-0.2, 0) is 0 Å². The van der Waals surface area contributed by atoms with Crippen molar-refractivity contribution >= 4 is 11.9 Å². The molecule has 0 bridgehead atoms. The van der Waals surface area contributed by atoms with Crippen molar-refractivity contribution in [3.63, 3.8) is 0 Å². The molecule has 1 rings (SSSR count). The van der Waals surface area contributed by atoms with E-state index in [0.717, 1.165) is 31.5 Å². The summed E-state index contributed by atoms with van der Waals surface area (Å²) in [5, 5.41) is 2.92. The van der Waals surface area contributed by atoms with E-state index in [2.05, 4.69) is 36.1 Å². The number of hydrogen-bond acceptors (Lipinski definition) is 4. The van der Waals surface area contributed by atoms with E-state index >= 15 is 0 Å². The second-order valence-corrected chi connectivity index (χ2v) is 5.91. The lowest BCUT2D eigenvalue weighted by Crippen LogP contribution is -2.28.